The van der Waals surface area contributed by atoms with Crippen molar-refractivity contribution in [3.8, 4) is 5.75 Å². The summed E-state index contributed by atoms with van der Waals surface area (Å²) in [7, 11) is -2.23. The van der Waals surface area contributed by atoms with Gasteiger partial charge in [-0.05, 0) is 44.2 Å². The van der Waals surface area contributed by atoms with Crippen LogP contribution in [-0.4, -0.2) is 37.8 Å². The van der Waals surface area contributed by atoms with Gasteiger partial charge in [-0.1, -0.05) is 6.07 Å². The lowest BCUT2D eigenvalue weighted by Crippen LogP contribution is -2.27. The third kappa shape index (κ3) is 4.73. The second-order valence-electron chi connectivity index (χ2n) is 6.75. The molecule has 1 aliphatic heterocycles. The third-order valence-electron chi connectivity index (χ3n) is 4.57. The SMILES string of the molecule is COc1cccc(NC(=O)CC(C)S(=O)(=O)c2ccc3c(c2)NC(=O)C(C)S3)c1. The lowest BCUT2D eigenvalue weighted by Gasteiger charge is -2.22. The van der Waals surface area contributed by atoms with E-state index in [0.29, 0.717) is 17.1 Å². The Morgan fingerprint density at radius 3 is 2.76 bits per heavy atom. The van der Waals surface area contributed by atoms with Crippen molar-refractivity contribution < 1.29 is 22.7 Å². The first kappa shape index (κ1) is 21.2. The normalized spacial score (nSPS) is 17.1. The van der Waals surface area contributed by atoms with Crippen LogP contribution in [0.15, 0.2) is 52.3 Å². The minimum atomic E-state index is -3.75. The summed E-state index contributed by atoms with van der Waals surface area (Å²) in [6.45, 7) is 3.28. The Hall–Kier alpha value is -2.52. The fourth-order valence-corrected chi connectivity index (χ4v) is 5.19. The average Bonchev–Trinajstić information content (AvgIpc) is 2.68. The second kappa shape index (κ2) is 8.46. The van der Waals surface area contributed by atoms with Gasteiger partial charge in [-0.3, -0.25) is 9.59 Å². The molecule has 0 aromatic heterocycles. The second-order valence-corrected chi connectivity index (χ2v) is 10.5. The van der Waals surface area contributed by atoms with Crippen molar-refractivity contribution in [3.63, 3.8) is 0 Å². The molecule has 0 fully saturated rings. The zero-order valence-corrected chi connectivity index (χ0v) is 17.9. The van der Waals surface area contributed by atoms with Gasteiger partial charge in [0, 0.05) is 23.1 Å². The van der Waals surface area contributed by atoms with Gasteiger partial charge in [0.05, 0.1) is 28.2 Å². The number of anilines is 2. The van der Waals surface area contributed by atoms with Crippen LogP contribution in [0.2, 0.25) is 0 Å². The van der Waals surface area contributed by atoms with E-state index in [2.05, 4.69) is 10.6 Å². The maximum Gasteiger partial charge on any atom is 0.237 e. The van der Waals surface area contributed by atoms with Crippen LogP contribution in [0, 0.1) is 0 Å². The molecule has 1 heterocycles. The lowest BCUT2D eigenvalue weighted by atomic mass is 10.2. The average molecular weight is 435 g/mol. The van der Waals surface area contributed by atoms with E-state index in [1.807, 2.05) is 0 Å². The van der Waals surface area contributed by atoms with E-state index in [-0.39, 0.29) is 22.5 Å². The molecular formula is C20H22N2O5S2. The van der Waals surface area contributed by atoms with Gasteiger partial charge in [0.2, 0.25) is 11.8 Å². The molecule has 0 bridgehead atoms. The van der Waals surface area contributed by atoms with E-state index in [4.69, 9.17) is 4.74 Å². The molecule has 2 aromatic carbocycles. The molecule has 2 amide bonds. The number of benzene rings is 2. The van der Waals surface area contributed by atoms with Crippen molar-refractivity contribution in [1.29, 1.82) is 0 Å². The van der Waals surface area contributed by atoms with Crippen molar-refractivity contribution in [2.45, 2.75) is 40.6 Å². The smallest absolute Gasteiger partial charge is 0.237 e. The highest BCUT2D eigenvalue weighted by Crippen LogP contribution is 2.37. The first-order valence-corrected chi connectivity index (χ1v) is 11.4. The predicted octanol–water partition coefficient (Wildman–Crippen LogP) is 3.32. The highest BCUT2D eigenvalue weighted by atomic mass is 32.2. The minimum absolute atomic E-state index is 0.0772. The quantitative estimate of drug-likeness (QED) is 0.723. The Morgan fingerprint density at radius 2 is 2.03 bits per heavy atom. The number of ether oxygens (including phenoxy) is 1. The number of amides is 2. The van der Waals surface area contributed by atoms with Crippen molar-refractivity contribution >= 4 is 44.8 Å². The number of hydrogen-bond donors (Lipinski definition) is 2. The van der Waals surface area contributed by atoms with Gasteiger partial charge in [-0.15, -0.1) is 11.8 Å². The zero-order chi connectivity index (χ0) is 21.2. The summed E-state index contributed by atoms with van der Waals surface area (Å²) >= 11 is 1.38. The molecule has 1 aliphatic rings. The van der Waals surface area contributed by atoms with Crippen LogP contribution in [0.5, 0.6) is 5.75 Å². The predicted molar refractivity (Wildman–Crippen MR) is 113 cm³/mol. The Kier molecular flexibility index (Phi) is 6.18. The number of carbonyl (C=O) groups excluding carboxylic acids is 2. The van der Waals surface area contributed by atoms with Gasteiger partial charge in [-0.2, -0.15) is 0 Å². The summed E-state index contributed by atoms with van der Waals surface area (Å²) in [5, 5.41) is 4.25. The van der Waals surface area contributed by atoms with E-state index in [1.165, 1.54) is 37.9 Å². The maximum atomic E-state index is 12.9. The van der Waals surface area contributed by atoms with Crippen molar-refractivity contribution in [2.24, 2.45) is 0 Å². The van der Waals surface area contributed by atoms with Crippen LogP contribution >= 0.6 is 11.8 Å². The molecule has 7 nitrogen and oxygen atoms in total. The van der Waals surface area contributed by atoms with Gasteiger partial charge < -0.3 is 15.4 Å². The van der Waals surface area contributed by atoms with Crippen LogP contribution in [0.4, 0.5) is 11.4 Å². The van der Waals surface area contributed by atoms with Gasteiger partial charge in [0.25, 0.3) is 0 Å². The minimum Gasteiger partial charge on any atom is -0.497 e. The van der Waals surface area contributed by atoms with E-state index >= 15 is 0 Å². The summed E-state index contributed by atoms with van der Waals surface area (Å²) in [6.07, 6.45) is -0.200. The first-order chi connectivity index (χ1) is 13.7. The molecule has 0 radical (unpaired) electrons. The van der Waals surface area contributed by atoms with E-state index in [1.54, 1.807) is 37.3 Å². The third-order valence-corrected chi connectivity index (χ3v) is 7.88. The van der Waals surface area contributed by atoms with Crippen LogP contribution in [0.25, 0.3) is 0 Å². The van der Waals surface area contributed by atoms with Crippen molar-refractivity contribution in [2.75, 3.05) is 17.7 Å². The standard InChI is InChI=1S/C20H22N2O5S2/c1-12(9-19(23)21-14-5-4-6-15(10-14)27-3)29(25,26)16-7-8-18-17(11-16)22-20(24)13(2)28-18/h4-8,10-13H,9H2,1-3H3,(H,21,23)(H,22,24). The van der Waals surface area contributed by atoms with Gasteiger partial charge in [0.1, 0.15) is 5.75 Å². The number of methoxy groups -OCH3 is 1. The molecule has 0 saturated carbocycles. The van der Waals surface area contributed by atoms with Crippen LogP contribution in [-0.2, 0) is 19.4 Å². The number of sulfone groups is 1. The highest BCUT2D eigenvalue weighted by molar-refractivity contribution is 8.01. The largest absolute Gasteiger partial charge is 0.497 e. The molecular weight excluding hydrogens is 412 g/mol. The van der Waals surface area contributed by atoms with Crippen molar-refractivity contribution in [3.05, 3.63) is 42.5 Å². The number of hydrogen-bond acceptors (Lipinski definition) is 6. The number of fused-ring (bicyclic) bond motifs is 1. The van der Waals surface area contributed by atoms with Crippen molar-refractivity contribution in [1.82, 2.24) is 0 Å². The van der Waals surface area contributed by atoms with Crippen LogP contribution < -0.4 is 15.4 Å². The van der Waals surface area contributed by atoms with E-state index < -0.39 is 21.0 Å². The van der Waals surface area contributed by atoms with Crippen LogP contribution in [0.1, 0.15) is 20.3 Å². The fourth-order valence-electron chi connectivity index (χ4n) is 2.88. The van der Waals surface area contributed by atoms with E-state index in [0.717, 1.165) is 4.90 Å². The molecule has 2 unspecified atom stereocenters. The molecule has 9 heteroatoms. The summed E-state index contributed by atoms with van der Waals surface area (Å²) < 4.78 is 31.0. The summed E-state index contributed by atoms with van der Waals surface area (Å²) in [4.78, 5) is 25.1. The number of nitrogens with one attached hydrogen (secondary N) is 2. The number of carbonyl (C=O) groups is 2. The molecule has 2 atom stereocenters. The van der Waals surface area contributed by atoms with Gasteiger partial charge in [-0.25, -0.2) is 8.42 Å². The Morgan fingerprint density at radius 1 is 1.28 bits per heavy atom. The van der Waals surface area contributed by atoms with Gasteiger partial charge in [0.15, 0.2) is 9.84 Å². The first-order valence-electron chi connectivity index (χ1n) is 9.00. The molecule has 2 aromatic rings. The Labute approximate surface area is 174 Å². The van der Waals surface area contributed by atoms with Crippen LogP contribution in [0.3, 0.4) is 0 Å². The maximum absolute atomic E-state index is 12.9. The topological polar surface area (TPSA) is 102 Å². The fraction of sp³-hybridized carbons (Fsp3) is 0.300. The van der Waals surface area contributed by atoms with E-state index in [9.17, 15) is 18.0 Å². The molecule has 154 valence electrons. The molecule has 2 N–H and O–H groups in total. The molecule has 0 saturated heterocycles. The summed E-state index contributed by atoms with van der Waals surface area (Å²) in [6, 6.07) is 11.5. The summed E-state index contributed by atoms with van der Waals surface area (Å²) in [5.41, 5.74) is 1.01. The molecule has 0 aliphatic carbocycles. The Balaban J connectivity index is 1.73. The Bertz CT molecular complexity index is 1050. The molecule has 0 spiro atoms. The molecule has 3 rings (SSSR count). The highest BCUT2D eigenvalue weighted by Gasteiger charge is 2.29. The zero-order valence-electron chi connectivity index (χ0n) is 16.3. The monoisotopic (exact) mass is 434 g/mol. The lowest BCUT2D eigenvalue weighted by molar-refractivity contribution is -0.116. The molecule has 29 heavy (non-hydrogen) atoms. The number of rotatable bonds is 6. The summed E-state index contributed by atoms with van der Waals surface area (Å²) in [5.74, 6) is 0.0134. The number of thioether (sulfide) groups is 1. The van der Waals surface area contributed by atoms with Gasteiger partial charge >= 0.3 is 0 Å².